The molecule has 1 atom stereocenters. The molecule has 1 saturated heterocycles. The number of methoxy groups -OCH3 is 1. The Morgan fingerprint density at radius 1 is 1.24 bits per heavy atom. The van der Waals surface area contributed by atoms with Crippen LogP contribution in [0.25, 0.3) is 0 Å². The summed E-state index contributed by atoms with van der Waals surface area (Å²) < 4.78 is 5.41. The van der Waals surface area contributed by atoms with E-state index in [0.717, 1.165) is 76.1 Å². The lowest BCUT2D eigenvalue weighted by molar-refractivity contribution is -0.144. The molecule has 7 heteroatoms. The van der Waals surface area contributed by atoms with Crippen molar-refractivity contribution in [2.75, 3.05) is 38.6 Å². The quantitative estimate of drug-likeness (QED) is 0.474. The average Bonchev–Trinajstić information content (AvgIpc) is 2.85. The van der Waals surface area contributed by atoms with Gasteiger partial charge in [-0.15, -0.1) is 0 Å². The van der Waals surface area contributed by atoms with Crippen molar-refractivity contribution in [1.82, 2.24) is 15.2 Å². The number of carbonyl (C=O) groups is 1. The Morgan fingerprint density at radius 3 is 2.85 bits per heavy atom. The molecule has 0 bridgehead atoms. The summed E-state index contributed by atoms with van der Waals surface area (Å²) in [6.45, 7) is 3.54. The van der Waals surface area contributed by atoms with Gasteiger partial charge in [0.25, 0.3) is 0 Å². The summed E-state index contributed by atoms with van der Waals surface area (Å²) in [6, 6.07) is 11.6. The molecule has 0 saturated carbocycles. The molecular weight excluding hydrogens is 416 g/mol. The number of nitrogens with zero attached hydrogens (tertiary/aromatic N) is 2. The van der Waals surface area contributed by atoms with Crippen molar-refractivity contribution in [2.45, 2.75) is 57.0 Å². The Balaban J connectivity index is 1.19. The Morgan fingerprint density at radius 2 is 2.06 bits per heavy atom. The second kappa shape index (κ2) is 11.5. The van der Waals surface area contributed by atoms with Crippen molar-refractivity contribution < 1.29 is 14.6 Å². The highest BCUT2D eigenvalue weighted by Crippen LogP contribution is 2.31. The van der Waals surface area contributed by atoms with Crippen LogP contribution in [0.3, 0.4) is 0 Å². The zero-order chi connectivity index (χ0) is 23.0. The number of aryl methyl sites for hydroxylation is 2. The molecule has 1 aromatic carbocycles. The molecule has 3 heterocycles. The van der Waals surface area contributed by atoms with Gasteiger partial charge in [-0.2, -0.15) is 0 Å². The van der Waals surface area contributed by atoms with Crippen molar-refractivity contribution in [1.29, 1.82) is 0 Å². The number of hydrogen-bond acceptors (Lipinski definition) is 6. The van der Waals surface area contributed by atoms with Gasteiger partial charge in [0, 0.05) is 36.9 Å². The minimum atomic E-state index is -0.822. The van der Waals surface area contributed by atoms with Crippen LogP contribution in [0, 0.1) is 0 Å². The lowest BCUT2D eigenvalue weighted by Crippen LogP contribution is -2.45. The lowest BCUT2D eigenvalue weighted by Gasteiger charge is -2.36. The maximum atomic E-state index is 12.1. The van der Waals surface area contributed by atoms with Gasteiger partial charge in [0.15, 0.2) is 0 Å². The molecule has 2 aromatic rings. The lowest BCUT2D eigenvalue weighted by atomic mass is 9.98. The Kier molecular flexibility index (Phi) is 8.18. The molecule has 3 N–H and O–H groups in total. The first-order chi connectivity index (χ1) is 16.2. The van der Waals surface area contributed by atoms with Crippen LogP contribution in [0.1, 0.15) is 55.0 Å². The van der Waals surface area contributed by atoms with E-state index in [4.69, 9.17) is 9.72 Å². The SMILES string of the molecule is COc1ccccc1C(C(=O)O)N1CCC(NCCCCc2ccc3c(n2)NCCC3)CC1. The number of aromatic nitrogens is 1. The normalized spacial score (nSPS) is 17.7. The molecule has 2 aliphatic rings. The molecule has 7 nitrogen and oxygen atoms in total. The molecule has 4 rings (SSSR count). The standard InChI is InChI=1S/C26H36N4O3/c1-33-23-10-3-2-9-22(23)24(26(31)32)30-17-13-20(14-18-30)27-15-5-4-8-21-12-11-19-7-6-16-28-25(19)29-21/h2-3,9-12,20,24,27H,4-8,13-18H2,1H3,(H,28,29)(H,31,32). The van der Waals surface area contributed by atoms with Gasteiger partial charge in [-0.05, 0) is 69.2 Å². The number of carboxylic acids is 1. The van der Waals surface area contributed by atoms with Gasteiger partial charge >= 0.3 is 5.97 Å². The minimum Gasteiger partial charge on any atom is -0.496 e. The first-order valence-corrected chi connectivity index (χ1v) is 12.2. The summed E-state index contributed by atoms with van der Waals surface area (Å²) in [4.78, 5) is 18.9. The smallest absolute Gasteiger partial charge is 0.325 e. The van der Waals surface area contributed by atoms with Crippen LogP contribution in [0.15, 0.2) is 36.4 Å². The Hall–Kier alpha value is -2.64. The predicted octanol–water partition coefficient (Wildman–Crippen LogP) is 3.65. The number of carboxylic acid groups (broad SMARTS) is 1. The van der Waals surface area contributed by atoms with Crippen LogP contribution in [-0.4, -0.2) is 60.3 Å². The molecule has 0 aliphatic carbocycles. The first kappa shape index (κ1) is 23.5. The van der Waals surface area contributed by atoms with E-state index in [0.29, 0.717) is 11.8 Å². The monoisotopic (exact) mass is 452 g/mol. The fourth-order valence-electron chi connectivity index (χ4n) is 4.99. The number of likely N-dealkylation sites (tertiary alicyclic amines) is 1. The number of anilines is 1. The largest absolute Gasteiger partial charge is 0.496 e. The molecule has 178 valence electrons. The Labute approximate surface area is 196 Å². The van der Waals surface area contributed by atoms with Gasteiger partial charge in [0.1, 0.15) is 17.6 Å². The van der Waals surface area contributed by atoms with Gasteiger partial charge < -0.3 is 20.5 Å². The molecule has 2 aliphatic heterocycles. The van der Waals surface area contributed by atoms with Crippen LogP contribution in [0.4, 0.5) is 5.82 Å². The fraction of sp³-hybridized carbons (Fsp3) is 0.538. The summed E-state index contributed by atoms with van der Waals surface area (Å²) in [5.41, 5.74) is 3.24. The van der Waals surface area contributed by atoms with Gasteiger partial charge in [-0.1, -0.05) is 24.3 Å². The highest BCUT2D eigenvalue weighted by molar-refractivity contribution is 5.76. The maximum Gasteiger partial charge on any atom is 0.325 e. The molecule has 33 heavy (non-hydrogen) atoms. The van der Waals surface area contributed by atoms with Crippen LogP contribution in [0.5, 0.6) is 5.75 Å². The number of para-hydroxylation sites is 1. The third-order valence-corrected chi connectivity index (χ3v) is 6.81. The molecule has 0 amide bonds. The number of pyridine rings is 1. The number of benzene rings is 1. The van der Waals surface area contributed by atoms with Crippen LogP contribution < -0.4 is 15.4 Å². The minimum absolute atomic E-state index is 0.444. The van der Waals surface area contributed by atoms with Crippen molar-refractivity contribution in [2.24, 2.45) is 0 Å². The fourth-order valence-corrected chi connectivity index (χ4v) is 4.99. The number of unbranched alkanes of at least 4 members (excludes halogenated alkanes) is 1. The first-order valence-electron chi connectivity index (χ1n) is 12.2. The van der Waals surface area contributed by atoms with E-state index in [1.807, 2.05) is 24.3 Å². The van der Waals surface area contributed by atoms with Crippen molar-refractivity contribution in [3.8, 4) is 5.75 Å². The second-order valence-corrected chi connectivity index (χ2v) is 9.04. The number of hydrogen-bond donors (Lipinski definition) is 3. The maximum absolute atomic E-state index is 12.1. The van der Waals surface area contributed by atoms with Gasteiger partial charge in [-0.25, -0.2) is 4.98 Å². The van der Waals surface area contributed by atoms with Crippen LogP contribution >= 0.6 is 0 Å². The number of fused-ring (bicyclic) bond motifs is 1. The zero-order valence-corrected chi connectivity index (χ0v) is 19.6. The van der Waals surface area contributed by atoms with Crippen molar-refractivity contribution >= 4 is 11.8 Å². The summed E-state index contributed by atoms with van der Waals surface area (Å²) in [7, 11) is 1.59. The third kappa shape index (κ3) is 6.03. The van der Waals surface area contributed by atoms with E-state index in [1.54, 1.807) is 7.11 Å². The van der Waals surface area contributed by atoms with E-state index in [-0.39, 0.29) is 0 Å². The van der Waals surface area contributed by atoms with Gasteiger partial charge in [-0.3, -0.25) is 9.69 Å². The van der Waals surface area contributed by atoms with Crippen LogP contribution in [0.2, 0.25) is 0 Å². The highest BCUT2D eigenvalue weighted by atomic mass is 16.5. The predicted molar refractivity (Wildman–Crippen MR) is 130 cm³/mol. The second-order valence-electron chi connectivity index (χ2n) is 9.04. The number of rotatable bonds is 10. The summed E-state index contributed by atoms with van der Waals surface area (Å²) in [5.74, 6) is 0.891. The van der Waals surface area contributed by atoms with Gasteiger partial charge in [0.2, 0.25) is 0 Å². The van der Waals surface area contributed by atoms with E-state index in [2.05, 4.69) is 27.7 Å². The highest BCUT2D eigenvalue weighted by Gasteiger charge is 2.32. The molecular formula is C26H36N4O3. The van der Waals surface area contributed by atoms with Crippen LogP contribution in [-0.2, 0) is 17.6 Å². The summed E-state index contributed by atoms with van der Waals surface area (Å²) in [5, 5.41) is 17.0. The molecule has 1 aromatic heterocycles. The summed E-state index contributed by atoms with van der Waals surface area (Å²) >= 11 is 0. The van der Waals surface area contributed by atoms with Gasteiger partial charge in [0.05, 0.1) is 7.11 Å². The zero-order valence-electron chi connectivity index (χ0n) is 19.6. The third-order valence-electron chi connectivity index (χ3n) is 6.81. The topological polar surface area (TPSA) is 86.7 Å². The molecule has 0 spiro atoms. The van der Waals surface area contributed by atoms with E-state index < -0.39 is 12.0 Å². The number of piperidine rings is 1. The number of aliphatic carboxylic acids is 1. The van der Waals surface area contributed by atoms with E-state index >= 15 is 0 Å². The number of ether oxygens (including phenoxy) is 1. The molecule has 0 radical (unpaired) electrons. The summed E-state index contributed by atoms with van der Waals surface area (Å²) in [6.07, 6.45) is 7.47. The Bertz CT molecular complexity index is 928. The van der Waals surface area contributed by atoms with Crippen molar-refractivity contribution in [3.05, 3.63) is 53.2 Å². The van der Waals surface area contributed by atoms with E-state index in [9.17, 15) is 9.90 Å². The van der Waals surface area contributed by atoms with Crippen molar-refractivity contribution in [3.63, 3.8) is 0 Å². The molecule has 1 fully saturated rings. The van der Waals surface area contributed by atoms with E-state index in [1.165, 1.54) is 17.7 Å². The average molecular weight is 453 g/mol. The molecule has 1 unspecified atom stereocenters. The number of nitrogens with one attached hydrogen (secondary N) is 2.